The predicted molar refractivity (Wildman–Crippen MR) is 116 cm³/mol. The molecule has 0 aliphatic carbocycles. The highest BCUT2D eigenvalue weighted by molar-refractivity contribution is 8.79. The summed E-state index contributed by atoms with van der Waals surface area (Å²) in [6.45, 7) is 3.48. The first-order chi connectivity index (χ1) is 12.7. The Bertz CT molecular complexity index is 599. The number of unbranched alkanes of at least 4 members (excludes halogenated alkanes) is 9. The molecule has 1 unspecified atom stereocenters. The van der Waals surface area contributed by atoms with Crippen molar-refractivity contribution in [2.24, 2.45) is 0 Å². The van der Waals surface area contributed by atoms with Crippen LogP contribution in [0.4, 0.5) is 0 Å². The lowest BCUT2D eigenvalue weighted by atomic mass is 10.1. The first-order valence-electron chi connectivity index (χ1n) is 9.78. The summed E-state index contributed by atoms with van der Waals surface area (Å²) in [5, 5.41) is 18.0. The number of thiocarbonyl (C=S) groups is 1. The van der Waals surface area contributed by atoms with E-state index in [1.54, 1.807) is 6.07 Å². The average Bonchev–Trinajstić information content (AvgIpc) is 2.60. The first-order valence-corrected chi connectivity index (χ1v) is 13.0. The predicted octanol–water partition coefficient (Wildman–Crippen LogP) is 5.83. The van der Waals surface area contributed by atoms with Gasteiger partial charge in [0.15, 0.2) is 4.75 Å². The monoisotopic (exact) mass is 435 g/mol. The van der Waals surface area contributed by atoms with Gasteiger partial charge in [-0.3, -0.25) is 4.79 Å². The Kier molecular flexibility index (Phi) is 14.0. The van der Waals surface area contributed by atoms with E-state index in [4.69, 9.17) is 17.3 Å². The topological polar surface area (TPSA) is 95.2 Å². The number of hydrogen-bond acceptors (Lipinski definition) is 6. The molecule has 0 saturated heterocycles. The van der Waals surface area contributed by atoms with Crippen molar-refractivity contribution in [2.45, 2.75) is 102 Å². The van der Waals surface area contributed by atoms with Crippen LogP contribution in [0, 0.1) is 11.3 Å². The zero-order valence-electron chi connectivity index (χ0n) is 16.5. The number of aliphatic carboxylic acids is 1. The van der Waals surface area contributed by atoms with Crippen molar-refractivity contribution in [1.82, 2.24) is 0 Å². The molecule has 1 atom stereocenters. The van der Waals surface area contributed by atoms with Gasteiger partial charge in [0.25, 0.3) is 0 Å². The highest BCUT2D eigenvalue weighted by atomic mass is 33.1. The lowest BCUT2D eigenvalue weighted by Gasteiger charge is -2.20. The molecule has 0 aliphatic rings. The Labute approximate surface area is 173 Å². The smallest absolute Gasteiger partial charge is 0.303 e. The van der Waals surface area contributed by atoms with Gasteiger partial charge in [-0.1, -0.05) is 76.9 Å². The van der Waals surface area contributed by atoms with Gasteiger partial charge in [-0.15, -0.1) is 0 Å². The van der Waals surface area contributed by atoms with Crippen LogP contribution in [0.15, 0.2) is 0 Å². The summed E-state index contributed by atoms with van der Waals surface area (Å²) in [5.41, 5.74) is 0. The van der Waals surface area contributed by atoms with Crippen molar-refractivity contribution in [2.75, 3.05) is 0 Å². The summed E-state index contributed by atoms with van der Waals surface area (Å²) in [4.78, 5) is 10.7. The maximum Gasteiger partial charge on any atom is 0.303 e. The Balaban J connectivity index is 4.09. The molecule has 5 nitrogen and oxygen atoms in total. The van der Waals surface area contributed by atoms with Crippen molar-refractivity contribution < 1.29 is 18.3 Å². The van der Waals surface area contributed by atoms with Crippen LogP contribution in [-0.2, 0) is 13.7 Å². The summed E-state index contributed by atoms with van der Waals surface area (Å²) in [6.07, 6.45) is 11.9. The van der Waals surface area contributed by atoms with Crippen molar-refractivity contribution in [1.29, 1.82) is 5.26 Å². The fourth-order valence-electron chi connectivity index (χ4n) is 2.60. The molecular weight excluding hydrogens is 402 g/mol. The third-order valence-corrected chi connectivity index (χ3v) is 9.69. The lowest BCUT2D eigenvalue weighted by Crippen LogP contribution is -2.32. The number of nitrogens with zero attached hydrogens (tertiary/aromatic N) is 1. The van der Waals surface area contributed by atoms with Crippen LogP contribution in [-0.4, -0.2) is 28.4 Å². The maximum absolute atomic E-state index is 12.4. The van der Waals surface area contributed by atoms with Gasteiger partial charge in [0, 0.05) is 17.2 Å². The molecule has 0 bridgehead atoms. The molecular formula is C19H33NO4S3. The van der Waals surface area contributed by atoms with Crippen LogP contribution in [0.2, 0.25) is 0 Å². The van der Waals surface area contributed by atoms with Gasteiger partial charge < -0.3 is 5.11 Å². The van der Waals surface area contributed by atoms with Gasteiger partial charge in [0.2, 0.25) is 8.87 Å². The second-order valence-corrected chi connectivity index (χ2v) is 12.1. The molecule has 0 heterocycles. The summed E-state index contributed by atoms with van der Waals surface area (Å²) >= 11 is 5.17. The second kappa shape index (κ2) is 14.4. The number of carbonyl (C=O) groups is 1. The fraction of sp³-hybridized carbons (Fsp3) is 0.842. The molecule has 0 aromatic heterocycles. The number of hydrogen-bond donors (Lipinski definition) is 1. The largest absolute Gasteiger partial charge is 0.481 e. The van der Waals surface area contributed by atoms with E-state index >= 15 is 0 Å². The van der Waals surface area contributed by atoms with E-state index < -0.39 is 19.6 Å². The van der Waals surface area contributed by atoms with E-state index in [0.29, 0.717) is 21.4 Å². The fourth-order valence-corrected chi connectivity index (χ4v) is 6.56. The van der Waals surface area contributed by atoms with E-state index in [-0.39, 0.29) is 12.8 Å². The molecule has 0 radical (unpaired) electrons. The molecule has 0 amide bonds. The molecule has 0 aromatic rings. The lowest BCUT2D eigenvalue weighted by molar-refractivity contribution is -0.137. The zero-order valence-corrected chi connectivity index (χ0v) is 19.0. The SMILES string of the molecule is CCCCCCCCCCCCC(=S)SS(=O)(=O)C(C)(C#N)CCC(=O)O. The zero-order chi connectivity index (χ0) is 20.8. The van der Waals surface area contributed by atoms with Crippen molar-refractivity contribution in [3.8, 4) is 6.07 Å². The van der Waals surface area contributed by atoms with Crippen molar-refractivity contribution in [3.05, 3.63) is 0 Å². The van der Waals surface area contributed by atoms with Crippen LogP contribution in [0.5, 0.6) is 0 Å². The van der Waals surface area contributed by atoms with E-state index in [1.807, 2.05) is 0 Å². The quantitative estimate of drug-likeness (QED) is 0.185. The van der Waals surface area contributed by atoms with Gasteiger partial charge in [-0.2, -0.15) is 5.26 Å². The van der Waals surface area contributed by atoms with Crippen molar-refractivity contribution >= 4 is 42.0 Å². The van der Waals surface area contributed by atoms with E-state index in [1.165, 1.54) is 51.9 Å². The molecule has 0 spiro atoms. The van der Waals surface area contributed by atoms with Crippen LogP contribution >= 0.6 is 23.0 Å². The van der Waals surface area contributed by atoms with Crippen LogP contribution < -0.4 is 0 Å². The first kappa shape index (κ1) is 26.4. The Morgan fingerprint density at radius 2 is 1.52 bits per heavy atom. The highest BCUT2D eigenvalue weighted by Gasteiger charge is 2.41. The summed E-state index contributed by atoms with van der Waals surface area (Å²) in [7, 11) is -3.33. The Morgan fingerprint density at radius 3 is 1.96 bits per heavy atom. The molecule has 0 aliphatic heterocycles. The minimum atomic E-state index is -3.88. The molecule has 27 heavy (non-hydrogen) atoms. The highest BCUT2D eigenvalue weighted by Crippen LogP contribution is 2.33. The minimum absolute atomic E-state index is 0.241. The van der Waals surface area contributed by atoms with Gasteiger partial charge in [-0.05, 0) is 26.2 Å². The Hall–Kier alpha value is -0.650. The van der Waals surface area contributed by atoms with Gasteiger partial charge in [0.05, 0.1) is 10.3 Å². The van der Waals surface area contributed by atoms with Crippen molar-refractivity contribution in [3.63, 3.8) is 0 Å². The van der Waals surface area contributed by atoms with Gasteiger partial charge in [-0.25, -0.2) is 8.42 Å². The van der Waals surface area contributed by atoms with E-state index in [0.717, 1.165) is 19.3 Å². The van der Waals surface area contributed by atoms with E-state index in [9.17, 15) is 18.5 Å². The minimum Gasteiger partial charge on any atom is -0.481 e. The standard InChI is InChI=1S/C19H33NO4S3/c1-3-4-5-6-7-8-9-10-11-12-13-18(25)26-27(23,24)19(2,16-20)15-14-17(21)22/h3-15H2,1-2H3,(H,21,22). The molecule has 1 N–H and O–H groups in total. The average molecular weight is 436 g/mol. The summed E-state index contributed by atoms with van der Waals surface area (Å²) in [6, 6.07) is 1.76. The molecule has 0 aromatic carbocycles. The van der Waals surface area contributed by atoms with Crippen LogP contribution in [0.3, 0.4) is 0 Å². The van der Waals surface area contributed by atoms with Gasteiger partial charge in [0.1, 0.15) is 0 Å². The number of carboxylic acids is 1. The third kappa shape index (κ3) is 11.7. The summed E-state index contributed by atoms with van der Waals surface area (Å²) < 4.78 is 23.5. The normalized spacial score (nSPS) is 13.7. The van der Waals surface area contributed by atoms with Crippen LogP contribution in [0.25, 0.3) is 0 Å². The third-order valence-electron chi connectivity index (χ3n) is 4.54. The number of rotatable bonds is 16. The molecule has 0 saturated carbocycles. The molecule has 0 rings (SSSR count). The molecule has 8 heteroatoms. The molecule has 156 valence electrons. The second-order valence-electron chi connectivity index (χ2n) is 7.08. The Morgan fingerprint density at radius 1 is 1.04 bits per heavy atom. The maximum atomic E-state index is 12.4. The summed E-state index contributed by atoms with van der Waals surface area (Å²) in [5.74, 6) is -1.12. The van der Waals surface area contributed by atoms with E-state index in [2.05, 4.69) is 6.92 Å². The number of nitriles is 1. The van der Waals surface area contributed by atoms with Gasteiger partial charge >= 0.3 is 5.97 Å². The number of carboxylic acid groups (broad SMARTS) is 1. The molecule has 0 fully saturated rings. The van der Waals surface area contributed by atoms with Crippen LogP contribution in [0.1, 0.15) is 97.3 Å².